The van der Waals surface area contributed by atoms with Crippen molar-refractivity contribution in [3.8, 4) is 5.75 Å². The maximum atomic E-state index is 13.0. The molecule has 0 aliphatic carbocycles. The molecule has 2 aromatic heterocycles. The molecule has 6 nitrogen and oxygen atoms in total. The van der Waals surface area contributed by atoms with E-state index in [-0.39, 0.29) is 11.9 Å². The molecule has 1 atom stereocenters. The number of carbonyl (C=O) groups is 1. The number of hydrogen-bond donors (Lipinski definition) is 1. The largest absolute Gasteiger partial charge is 0.493 e. The molecule has 8 heteroatoms. The zero-order chi connectivity index (χ0) is 19.5. The molecule has 1 amide bonds. The SMILES string of the molecule is Cc1cc(CSc2ncccc2C(=O)NC2CCOc3ccc(Br)cc32)no1. The normalized spacial score (nSPS) is 15.6. The molecule has 28 heavy (non-hydrogen) atoms. The molecule has 0 bridgehead atoms. The average Bonchev–Trinajstić information content (AvgIpc) is 3.12. The quantitative estimate of drug-likeness (QED) is 0.557. The maximum Gasteiger partial charge on any atom is 0.254 e. The summed E-state index contributed by atoms with van der Waals surface area (Å²) in [4.78, 5) is 17.4. The zero-order valence-electron chi connectivity index (χ0n) is 15.1. The fourth-order valence-electron chi connectivity index (χ4n) is 3.06. The van der Waals surface area contributed by atoms with Gasteiger partial charge < -0.3 is 14.6 Å². The molecule has 0 fully saturated rings. The van der Waals surface area contributed by atoms with E-state index in [0.29, 0.717) is 22.9 Å². The molecule has 1 unspecified atom stereocenters. The Morgan fingerprint density at radius 1 is 1.36 bits per heavy atom. The summed E-state index contributed by atoms with van der Waals surface area (Å²) >= 11 is 4.96. The van der Waals surface area contributed by atoms with Gasteiger partial charge in [0, 0.05) is 34.5 Å². The van der Waals surface area contributed by atoms with Gasteiger partial charge in [0.2, 0.25) is 0 Å². The number of fused-ring (bicyclic) bond motifs is 1. The van der Waals surface area contributed by atoms with E-state index in [1.807, 2.05) is 31.2 Å². The van der Waals surface area contributed by atoms with Crippen LogP contribution in [0, 0.1) is 6.92 Å². The minimum Gasteiger partial charge on any atom is -0.493 e. The lowest BCUT2D eigenvalue weighted by Gasteiger charge is -2.27. The van der Waals surface area contributed by atoms with Crippen LogP contribution in [0.1, 0.15) is 39.8 Å². The monoisotopic (exact) mass is 459 g/mol. The lowest BCUT2D eigenvalue weighted by molar-refractivity contribution is 0.0921. The Kier molecular flexibility index (Phi) is 5.68. The number of thioether (sulfide) groups is 1. The topological polar surface area (TPSA) is 77.2 Å². The second-order valence-corrected chi connectivity index (χ2v) is 8.30. The van der Waals surface area contributed by atoms with E-state index in [2.05, 4.69) is 31.4 Å². The third-order valence-corrected chi connectivity index (χ3v) is 5.90. The highest BCUT2D eigenvalue weighted by atomic mass is 79.9. The number of rotatable bonds is 5. The van der Waals surface area contributed by atoms with Gasteiger partial charge in [-0.05, 0) is 37.3 Å². The second-order valence-electron chi connectivity index (χ2n) is 6.42. The van der Waals surface area contributed by atoms with E-state index >= 15 is 0 Å². The van der Waals surface area contributed by atoms with Crippen LogP contribution in [0.25, 0.3) is 0 Å². The first-order valence-electron chi connectivity index (χ1n) is 8.83. The highest BCUT2D eigenvalue weighted by Gasteiger charge is 2.25. The van der Waals surface area contributed by atoms with Crippen LogP contribution in [0.2, 0.25) is 0 Å². The van der Waals surface area contributed by atoms with Crippen LogP contribution in [0.15, 0.2) is 56.6 Å². The van der Waals surface area contributed by atoms with Crippen LogP contribution < -0.4 is 10.1 Å². The van der Waals surface area contributed by atoms with E-state index in [1.54, 1.807) is 18.3 Å². The summed E-state index contributed by atoms with van der Waals surface area (Å²) in [5, 5.41) is 7.79. The molecule has 0 saturated heterocycles. The van der Waals surface area contributed by atoms with Gasteiger partial charge in [-0.3, -0.25) is 4.79 Å². The van der Waals surface area contributed by atoms with Gasteiger partial charge in [0.05, 0.1) is 23.9 Å². The summed E-state index contributed by atoms with van der Waals surface area (Å²) in [5.41, 5.74) is 2.35. The molecule has 3 aromatic rings. The fourth-order valence-corrected chi connectivity index (χ4v) is 4.31. The van der Waals surface area contributed by atoms with Gasteiger partial charge in [0.15, 0.2) is 0 Å². The summed E-state index contributed by atoms with van der Waals surface area (Å²) in [6.07, 6.45) is 2.41. The Morgan fingerprint density at radius 3 is 3.07 bits per heavy atom. The predicted molar refractivity (Wildman–Crippen MR) is 109 cm³/mol. The van der Waals surface area contributed by atoms with Crippen LogP contribution in [-0.4, -0.2) is 22.7 Å². The van der Waals surface area contributed by atoms with Crippen molar-refractivity contribution in [3.63, 3.8) is 0 Å². The number of nitrogens with zero attached hydrogens (tertiary/aromatic N) is 2. The average molecular weight is 460 g/mol. The van der Waals surface area contributed by atoms with Gasteiger partial charge in [-0.1, -0.05) is 32.8 Å². The molecule has 0 saturated carbocycles. The van der Waals surface area contributed by atoms with Gasteiger partial charge in [0.25, 0.3) is 5.91 Å². The molecule has 1 aliphatic rings. The number of aromatic nitrogens is 2. The van der Waals surface area contributed by atoms with Crippen molar-refractivity contribution in [2.45, 2.75) is 30.2 Å². The lowest BCUT2D eigenvalue weighted by Crippen LogP contribution is -2.32. The van der Waals surface area contributed by atoms with Crippen molar-refractivity contribution >= 4 is 33.6 Å². The highest BCUT2D eigenvalue weighted by molar-refractivity contribution is 9.10. The van der Waals surface area contributed by atoms with Crippen molar-refractivity contribution in [1.82, 2.24) is 15.5 Å². The number of halogens is 1. The number of amides is 1. The van der Waals surface area contributed by atoms with Gasteiger partial charge in [-0.2, -0.15) is 0 Å². The molecule has 1 aromatic carbocycles. The summed E-state index contributed by atoms with van der Waals surface area (Å²) in [5.74, 6) is 2.01. The number of benzene rings is 1. The first-order chi connectivity index (χ1) is 13.6. The first-order valence-corrected chi connectivity index (χ1v) is 10.6. The number of pyridine rings is 1. The van der Waals surface area contributed by atoms with Crippen molar-refractivity contribution < 1.29 is 14.1 Å². The Hall–Kier alpha value is -2.32. The van der Waals surface area contributed by atoms with E-state index < -0.39 is 0 Å². The van der Waals surface area contributed by atoms with E-state index in [4.69, 9.17) is 9.26 Å². The Balaban J connectivity index is 1.51. The zero-order valence-corrected chi connectivity index (χ0v) is 17.5. The summed E-state index contributed by atoms with van der Waals surface area (Å²) < 4.78 is 11.8. The summed E-state index contributed by atoms with van der Waals surface area (Å²) in [7, 11) is 0. The van der Waals surface area contributed by atoms with Crippen LogP contribution in [0.4, 0.5) is 0 Å². The lowest BCUT2D eigenvalue weighted by atomic mass is 10.0. The van der Waals surface area contributed by atoms with Crippen molar-refractivity contribution in [2.75, 3.05) is 6.61 Å². The number of aryl methyl sites for hydroxylation is 1. The van der Waals surface area contributed by atoms with Crippen molar-refractivity contribution in [3.05, 3.63) is 69.6 Å². The maximum absolute atomic E-state index is 13.0. The standard InChI is InChI=1S/C20H18BrN3O3S/c1-12-9-14(24-27-12)11-28-20-15(3-2-7-22-20)19(25)23-17-6-8-26-18-5-4-13(21)10-16(17)18/h2-5,7,9-10,17H,6,8,11H2,1H3,(H,23,25). The number of nitrogens with one attached hydrogen (secondary N) is 1. The Morgan fingerprint density at radius 2 is 2.25 bits per heavy atom. The summed E-state index contributed by atoms with van der Waals surface area (Å²) in [6.45, 7) is 2.42. The predicted octanol–water partition coefficient (Wildman–Crippen LogP) is 4.69. The van der Waals surface area contributed by atoms with Gasteiger partial charge in [-0.25, -0.2) is 4.98 Å². The number of hydrogen-bond acceptors (Lipinski definition) is 6. The van der Waals surface area contributed by atoms with Gasteiger partial charge in [-0.15, -0.1) is 0 Å². The molecular formula is C20H18BrN3O3S. The molecule has 1 N–H and O–H groups in total. The molecule has 0 radical (unpaired) electrons. The van der Waals surface area contributed by atoms with Gasteiger partial charge >= 0.3 is 0 Å². The second kappa shape index (κ2) is 8.36. The molecule has 4 rings (SSSR count). The fraction of sp³-hybridized carbons (Fsp3) is 0.250. The molecule has 1 aliphatic heterocycles. The smallest absolute Gasteiger partial charge is 0.254 e. The number of carbonyl (C=O) groups excluding carboxylic acids is 1. The van der Waals surface area contributed by atoms with E-state index in [9.17, 15) is 4.79 Å². The number of ether oxygens (including phenoxy) is 1. The van der Waals surface area contributed by atoms with Crippen LogP contribution in [0.3, 0.4) is 0 Å². The Bertz CT molecular complexity index is 1010. The van der Waals surface area contributed by atoms with Crippen molar-refractivity contribution in [1.29, 1.82) is 0 Å². The van der Waals surface area contributed by atoms with Crippen molar-refractivity contribution in [2.24, 2.45) is 0 Å². The molecule has 144 valence electrons. The van der Waals surface area contributed by atoms with Crippen LogP contribution in [-0.2, 0) is 5.75 Å². The van der Waals surface area contributed by atoms with Crippen LogP contribution in [0.5, 0.6) is 5.75 Å². The van der Waals surface area contributed by atoms with E-state index in [1.165, 1.54) is 11.8 Å². The van der Waals surface area contributed by atoms with Gasteiger partial charge in [0.1, 0.15) is 16.5 Å². The Labute approximate surface area is 175 Å². The summed E-state index contributed by atoms with van der Waals surface area (Å²) in [6, 6.07) is 11.2. The molecular weight excluding hydrogens is 442 g/mol. The molecule has 3 heterocycles. The third kappa shape index (κ3) is 4.23. The molecule has 0 spiro atoms. The van der Waals surface area contributed by atoms with E-state index in [0.717, 1.165) is 33.7 Å². The first kappa shape index (κ1) is 19.0. The highest BCUT2D eigenvalue weighted by Crippen LogP contribution is 2.34. The minimum absolute atomic E-state index is 0.106. The third-order valence-electron chi connectivity index (χ3n) is 4.37. The minimum atomic E-state index is -0.148. The van der Waals surface area contributed by atoms with Crippen LogP contribution >= 0.6 is 27.7 Å².